The van der Waals surface area contributed by atoms with Crippen LogP contribution in [0.15, 0.2) is 48.5 Å². The number of rotatable bonds is 14. The molecule has 8 atom stereocenters. The van der Waals surface area contributed by atoms with Crippen molar-refractivity contribution < 1.29 is 62.0 Å². The van der Waals surface area contributed by atoms with Crippen molar-refractivity contribution in [1.82, 2.24) is 19.6 Å². The van der Waals surface area contributed by atoms with E-state index in [1.54, 1.807) is 14.0 Å². The number of hydrogen-bond acceptors (Lipinski definition) is 16. The number of anilines is 2. The Morgan fingerprint density at radius 2 is 0.713 bits per heavy atom. The van der Waals surface area contributed by atoms with Gasteiger partial charge in [0.1, 0.15) is 35.3 Å². The number of likely N-dealkylation sites (N-methyl/N-ethyl adjacent to an activating group) is 4. The van der Waals surface area contributed by atoms with Crippen molar-refractivity contribution in [3.05, 3.63) is 59.7 Å². The Morgan fingerprint density at radius 1 is 0.425 bits per heavy atom. The van der Waals surface area contributed by atoms with Crippen LogP contribution in [0.5, 0.6) is 0 Å². The SMILES string of the molecule is CC(C)CC1C(=O)OC(Cc2ccc(N3CCOCC3)cc2)C(=O)N(C)C(CC(C)C)C(=O)OC(C)C(=S)N(C)C(CC(C)C)C(=O)OC(Cc2ccc(N3CCOCC3)cc2)C(=O)N(C)C(CC(C)C)C(=O)OC(C)C(=O)N1C. The lowest BCUT2D eigenvalue weighted by atomic mass is 10.00. The molecule has 20 heteroatoms. The topological polar surface area (TPSA) is 194 Å². The molecule has 0 aromatic heterocycles. The minimum absolute atomic E-state index is 0.0586. The zero-order chi connectivity index (χ0) is 59.1. The number of nitrogens with zero attached hydrogens (tertiary/aromatic N) is 6. The number of ether oxygens (including phenoxy) is 6. The van der Waals surface area contributed by atoms with Gasteiger partial charge in [-0.25, -0.2) is 19.2 Å². The van der Waals surface area contributed by atoms with Crippen LogP contribution in [0.25, 0.3) is 0 Å². The van der Waals surface area contributed by atoms with Crippen LogP contribution in [0, 0.1) is 23.7 Å². The van der Waals surface area contributed by atoms with Crippen molar-refractivity contribution in [1.29, 1.82) is 0 Å². The maximum Gasteiger partial charge on any atom is 0.329 e. The Morgan fingerprint density at radius 3 is 1.04 bits per heavy atom. The first kappa shape index (κ1) is 65.0. The molecule has 3 saturated heterocycles. The van der Waals surface area contributed by atoms with Gasteiger partial charge in [-0.15, -0.1) is 0 Å². The van der Waals surface area contributed by atoms with E-state index in [0.717, 1.165) is 11.4 Å². The molecular formula is C60H90N6O13S. The molecule has 19 nitrogen and oxygen atoms in total. The predicted molar refractivity (Wildman–Crippen MR) is 309 cm³/mol. The van der Waals surface area contributed by atoms with E-state index in [2.05, 4.69) is 9.80 Å². The number of hydrogen-bond donors (Lipinski definition) is 0. The fourth-order valence-corrected chi connectivity index (χ4v) is 10.4. The third kappa shape index (κ3) is 18.1. The summed E-state index contributed by atoms with van der Waals surface area (Å²) in [5.74, 6) is -5.91. The quantitative estimate of drug-likeness (QED) is 0.119. The van der Waals surface area contributed by atoms with Crippen molar-refractivity contribution in [2.45, 2.75) is 156 Å². The van der Waals surface area contributed by atoms with Crippen LogP contribution in [0.3, 0.4) is 0 Å². The summed E-state index contributed by atoms with van der Waals surface area (Å²) in [6.07, 6.45) is -4.98. The number of thiocarbonyl (C=S) groups is 1. The van der Waals surface area contributed by atoms with E-state index in [9.17, 15) is 24.0 Å². The fraction of sp³-hybridized carbons (Fsp3) is 0.667. The third-order valence-electron chi connectivity index (χ3n) is 14.9. The lowest BCUT2D eigenvalue weighted by Crippen LogP contribution is -2.54. The first-order valence-corrected chi connectivity index (χ1v) is 28.9. The van der Waals surface area contributed by atoms with Crippen molar-refractivity contribution in [3.63, 3.8) is 0 Å². The van der Waals surface area contributed by atoms with Crippen LogP contribution in [0.2, 0.25) is 0 Å². The minimum Gasteiger partial charge on any atom is -0.454 e. The van der Waals surface area contributed by atoms with E-state index in [0.29, 0.717) is 63.7 Å². The Hall–Kier alpha value is -5.86. The Bertz CT molecular complexity index is 2230. The molecule has 0 spiro atoms. The summed E-state index contributed by atoms with van der Waals surface area (Å²) in [7, 11) is 5.92. The van der Waals surface area contributed by atoms with Gasteiger partial charge in [-0.3, -0.25) is 14.4 Å². The van der Waals surface area contributed by atoms with Crippen LogP contribution >= 0.6 is 12.2 Å². The van der Waals surface area contributed by atoms with Crippen LogP contribution in [-0.4, -0.2) is 196 Å². The Kier molecular flexibility index (Phi) is 24.6. The first-order valence-electron chi connectivity index (χ1n) is 28.5. The molecule has 0 aliphatic carbocycles. The molecule has 8 unspecified atom stereocenters. The van der Waals surface area contributed by atoms with Crippen molar-refractivity contribution in [2.75, 3.05) is 90.6 Å². The standard InChI is InChI=1S/C60H90N6O13S/c1-37(2)31-47-57(70)76-41(9)53(67)61(11)49(33-39(5)6)59(72)78-51(35-43-15-19-45(20-16-43)65-23-27-74-28-24-65)54(68)63(13)48(32-38(3)4)58(71)77-42(10)56(80)64(14)50(34-40(7)8)60(73)79-52(55(69)62(47)12)36-44-17-21-46(22-18-44)66-25-29-75-30-26-66/h15-22,37-42,47-52H,23-36H2,1-14H3. The molecule has 80 heavy (non-hydrogen) atoms. The minimum atomic E-state index is -1.47. The number of amides is 3. The molecule has 3 heterocycles. The van der Waals surface area contributed by atoms with Gasteiger partial charge in [0.15, 0.2) is 18.3 Å². The van der Waals surface area contributed by atoms with Gasteiger partial charge < -0.3 is 57.8 Å². The molecule has 0 saturated carbocycles. The van der Waals surface area contributed by atoms with E-state index in [1.165, 1.54) is 47.7 Å². The summed E-state index contributed by atoms with van der Waals surface area (Å²) in [5, 5.41) is 0. The Balaban J connectivity index is 1.59. The second-order valence-corrected chi connectivity index (χ2v) is 23.7. The highest BCUT2D eigenvalue weighted by Crippen LogP contribution is 2.26. The zero-order valence-corrected chi connectivity index (χ0v) is 50.7. The molecule has 0 bridgehead atoms. The normalized spacial score (nSPS) is 25.6. The van der Waals surface area contributed by atoms with Crippen LogP contribution < -0.4 is 9.80 Å². The molecule has 3 aliphatic heterocycles. The summed E-state index contributed by atoms with van der Waals surface area (Å²) < 4.78 is 35.7. The zero-order valence-electron chi connectivity index (χ0n) is 49.8. The van der Waals surface area contributed by atoms with Gasteiger partial charge in [-0.05, 0) is 98.6 Å². The van der Waals surface area contributed by atoms with Gasteiger partial charge >= 0.3 is 23.9 Å². The second-order valence-electron chi connectivity index (χ2n) is 23.3. The third-order valence-corrected chi connectivity index (χ3v) is 15.6. The maximum absolute atomic E-state index is 15.0. The van der Waals surface area contributed by atoms with Gasteiger partial charge in [0.25, 0.3) is 17.7 Å². The maximum atomic E-state index is 15.0. The first-order chi connectivity index (χ1) is 37.8. The van der Waals surface area contributed by atoms with E-state index >= 15 is 9.59 Å². The number of cyclic esters (lactones) is 4. The lowest BCUT2D eigenvalue weighted by molar-refractivity contribution is -0.174. The van der Waals surface area contributed by atoms with E-state index in [1.807, 2.05) is 104 Å². The van der Waals surface area contributed by atoms with E-state index in [-0.39, 0.29) is 67.2 Å². The van der Waals surface area contributed by atoms with E-state index < -0.39 is 90.2 Å². The highest BCUT2D eigenvalue weighted by molar-refractivity contribution is 7.80. The van der Waals surface area contributed by atoms with Crippen molar-refractivity contribution in [2.24, 2.45) is 23.7 Å². The van der Waals surface area contributed by atoms with E-state index in [4.69, 9.17) is 40.6 Å². The number of carbonyl (C=O) groups is 7. The van der Waals surface area contributed by atoms with Gasteiger partial charge in [-0.2, -0.15) is 0 Å². The van der Waals surface area contributed by atoms with Gasteiger partial charge in [0, 0.05) is 78.6 Å². The molecule has 2 aromatic rings. The van der Waals surface area contributed by atoms with Crippen molar-refractivity contribution in [3.8, 4) is 0 Å². The van der Waals surface area contributed by atoms with Gasteiger partial charge in [0.05, 0.1) is 26.4 Å². The number of morpholine rings is 2. The summed E-state index contributed by atoms with van der Waals surface area (Å²) in [6.45, 7) is 23.4. The molecule has 444 valence electrons. The summed E-state index contributed by atoms with van der Waals surface area (Å²) in [5.41, 5.74) is 3.28. The Labute approximate surface area is 480 Å². The molecular weight excluding hydrogens is 1040 g/mol. The molecule has 2 aromatic carbocycles. The average molecular weight is 1140 g/mol. The average Bonchev–Trinajstić information content (AvgIpc) is 3.44. The molecule has 0 radical (unpaired) electrons. The summed E-state index contributed by atoms with van der Waals surface area (Å²) >= 11 is 5.99. The molecule has 3 fully saturated rings. The highest BCUT2D eigenvalue weighted by Gasteiger charge is 2.42. The van der Waals surface area contributed by atoms with Crippen molar-refractivity contribution >= 4 is 70.2 Å². The summed E-state index contributed by atoms with van der Waals surface area (Å²) in [4.78, 5) is 113. The smallest absolute Gasteiger partial charge is 0.329 e. The second kappa shape index (κ2) is 30.3. The number of esters is 4. The number of benzene rings is 2. The largest absolute Gasteiger partial charge is 0.454 e. The number of carbonyl (C=O) groups excluding carboxylic acids is 7. The lowest BCUT2D eigenvalue weighted by Gasteiger charge is -2.36. The molecule has 5 rings (SSSR count). The fourth-order valence-electron chi connectivity index (χ4n) is 10.2. The monoisotopic (exact) mass is 1130 g/mol. The van der Waals surface area contributed by atoms with Gasteiger partial charge in [0.2, 0.25) is 0 Å². The molecule has 0 N–H and O–H groups in total. The molecule has 3 aliphatic rings. The summed E-state index contributed by atoms with van der Waals surface area (Å²) in [6, 6.07) is 10.5. The predicted octanol–water partition coefficient (Wildman–Crippen LogP) is 6.14. The van der Waals surface area contributed by atoms with Crippen LogP contribution in [-0.2, 0) is 74.8 Å². The van der Waals surface area contributed by atoms with Gasteiger partial charge in [-0.1, -0.05) is 91.9 Å². The molecule has 3 amide bonds. The van der Waals surface area contributed by atoms with Crippen LogP contribution in [0.4, 0.5) is 11.4 Å². The highest BCUT2D eigenvalue weighted by atomic mass is 32.1. The van der Waals surface area contributed by atoms with Crippen LogP contribution in [0.1, 0.15) is 106 Å².